The zero-order valence-corrected chi connectivity index (χ0v) is 11.5. The van der Waals surface area contributed by atoms with Gasteiger partial charge in [0.1, 0.15) is 6.10 Å². The number of carbonyl (C=O) groups excluding carboxylic acids is 1. The molecule has 1 saturated heterocycles. The molecule has 7 heteroatoms. The van der Waals surface area contributed by atoms with Gasteiger partial charge in [-0.05, 0) is 13.3 Å². The summed E-state index contributed by atoms with van der Waals surface area (Å²) in [4.78, 5) is 11.0. The molecule has 0 aromatic heterocycles. The summed E-state index contributed by atoms with van der Waals surface area (Å²) >= 11 is 0. The summed E-state index contributed by atoms with van der Waals surface area (Å²) in [5.74, 6) is -2.56. The van der Waals surface area contributed by atoms with Crippen molar-refractivity contribution in [3.63, 3.8) is 0 Å². The van der Waals surface area contributed by atoms with Crippen LogP contribution in [0, 0.1) is 5.92 Å². The highest BCUT2D eigenvalue weighted by Gasteiger charge is 2.45. The van der Waals surface area contributed by atoms with Gasteiger partial charge in [-0.25, -0.2) is 4.79 Å². The second kappa shape index (κ2) is 7.08. The summed E-state index contributed by atoms with van der Waals surface area (Å²) in [6, 6.07) is 0. The summed E-state index contributed by atoms with van der Waals surface area (Å²) in [6.07, 6.45) is -4.44. The Morgan fingerprint density at radius 3 is 2.65 bits per heavy atom. The minimum Gasteiger partial charge on any atom is -0.455 e. The van der Waals surface area contributed by atoms with Crippen LogP contribution in [0.15, 0.2) is 12.7 Å². The van der Waals surface area contributed by atoms with Crippen molar-refractivity contribution in [1.29, 1.82) is 0 Å². The fraction of sp³-hybridized carbons (Fsp3) is 0.769. The van der Waals surface area contributed by atoms with Crippen LogP contribution in [0.2, 0.25) is 0 Å². The Hall–Kier alpha value is -1.08. The number of alkyl halides is 3. The smallest absolute Gasteiger partial charge is 0.455 e. The first-order valence-corrected chi connectivity index (χ1v) is 6.34. The number of hydrogen-bond donors (Lipinski definition) is 0. The van der Waals surface area contributed by atoms with E-state index in [-0.39, 0.29) is 12.5 Å². The number of ether oxygens (including phenoxy) is 3. The molecule has 4 nitrogen and oxygen atoms in total. The number of methoxy groups -OCH3 is 1. The molecule has 1 aliphatic rings. The van der Waals surface area contributed by atoms with E-state index in [0.29, 0.717) is 13.0 Å². The molecule has 1 fully saturated rings. The molecule has 0 amide bonds. The lowest BCUT2D eigenvalue weighted by molar-refractivity contribution is -0.216. The molecular formula is C13H19F3O4. The maximum Gasteiger partial charge on any atom is 0.490 e. The average Bonchev–Trinajstić information content (AvgIpc) is 2.35. The van der Waals surface area contributed by atoms with Gasteiger partial charge >= 0.3 is 12.1 Å². The van der Waals surface area contributed by atoms with E-state index in [1.807, 2.05) is 0 Å². The van der Waals surface area contributed by atoms with Gasteiger partial charge in [0.2, 0.25) is 0 Å². The zero-order valence-electron chi connectivity index (χ0n) is 11.5. The Bertz CT molecular complexity index is 343. The van der Waals surface area contributed by atoms with Crippen LogP contribution in [0.3, 0.4) is 0 Å². The van der Waals surface area contributed by atoms with E-state index in [1.165, 1.54) is 13.2 Å². The summed E-state index contributed by atoms with van der Waals surface area (Å²) in [5, 5.41) is 0. The van der Waals surface area contributed by atoms with Gasteiger partial charge in [-0.1, -0.05) is 6.08 Å². The van der Waals surface area contributed by atoms with Gasteiger partial charge in [-0.3, -0.25) is 0 Å². The van der Waals surface area contributed by atoms with E-state index in [2.05, 4.69) is 11.3 Å². The van der Waals surface area contributed by atoms with E-state index in [1.54, 1.807) is 6.92 Å². The maximum absolute atomic E-state index is 12.3. The zero-order chi connectivity index (χ0) is 15.3. The largest absolute Gasteiger partial charge is 0.490 e. The second-order valence-corrected chi connectivity index (χ2v) is 4.77. The Labute approximate surface area is 115 Å². The Balaban J connectivity index is 2.80. The lowest BCUT2D eigenvalue weighted by Gasteiger charge is -2.39. The van der Waals surface area contributed by atoms with Crippen LogP contribution in [0.4, 0.5) is 13.2 Å². The minimum absolute atomic E-state index is 0.223. The minimum atomic E-state index is -4.99. The van der Waals surface area contributed by atoms with Gasteiger partial charge in [-0.2, -0.15) is 13.2 Å². The molecule has 1 aliphatic heterocycles. The van der Waals surface area contributed by atoms with Crippen molar-refractivity contribution in [3.05, 3.63) is 12.7 Å². The number of hydrogen-bond acceptors (Lipinski definition) is 4. The van der Waals surface area contributed by atoms with Gasteiger partial charge < -0.3 is 14.2 Å². The van der Waals surface area contributed by atoms with Gasteiger partial charge in [0.15, 0.2) is 0 Å². The van der Waals surface area contributed by atoms with Gasteiger partial charge in [0.05, 0.1) is 12.2 Å². The molecule has 0 bridgehead atoms. The fourth-order valence-electron chi connectivity index (χ4n) is 2.31. The van der Waals surface area contributed by atoms with Crippen molar-refractivity contribution >= 4 is 5.97 Å². The third kappa shape index (κ3) is 4.49. The first-order chi connectivity index (χ1) is 9.29. The summed E-state index contributed by atoms with van der Waals surface area (Å²) in [6.45, 7) is 5.67. The highest BCUT2D eigenvalue weighted by Crippen LogP contribution is 2.32. The van der Waals surface area contributed by atoms with Crippen LogP contribution in [-0.4, -0.2) is 44.2 Å². The van der Waals surface area contributed by atoms with Crippen LogP contribution >= 0.6 is 0 Å². The Kier molecular flexibility index (Phi) is 6.01. The fourth-order valence-corrected chi connectivity index (χ4v) is 2.31. The van der Waals surface area contributed by atoms with Crippen LogP contribution in [0.5, 0.6) is 0 Å². The molecule has 1 heterocycles. The van der Waals surface area contributed by atoms with Crippen molar-refractivity contribution in [2.24, 2.45) is 5.92 Å². The lowest BCUT2D eigenvalue weighted by atomic mass is 9.86. The number of halogens is 3. The number of carbonyl (C=O) groups is 1. The molecular weight excluding hydrogens is 277 g/mol. The molecule has 4 atom stereocenters. The number of rotatable bonds is 5. The summed E-state index contributed by atoms with van der Waals surface area (Å²) in [7, 11) is 1.49. The van der Waals surface area contributed by atoms with E-state index in [4.69, 9.17) is 9.47 Å². The normalized spacial score (nSPS) is 30.9. The van der Waals surface area contributed by atoms with Crippen LogP contribution < -0.4 is 0 Å². The van der Waals surface area contributed by atoms with Crippen LogP contribution in [-0.2, 0) is 19.0 Å². The molecule has 0 unspecified atom stereocenters. The molecule has 116 valence electrons. The van der Waals surface area contributed by atoms with Crippen molar-refractivity contribution < 1.29 is 32.2 Å². The topological polar surface area (TPSA) is 44.8 Å². The van der Waals surface area contributed by atoms with Crippen molar-refractivity contribution in [1.82, 2.24) is 0 Å². The summed E-state index contributed by atoms with van der Waals surface area (Å²) in [5.41, 5.74) is 0. The third-order valence-electron chi connectivity index (χ3n) is 3.23. The quantitative estimate of drug-likeness (QED) is 0.577. The van der Waals surface area contributed by atoms with Crippen LogP contribution in [0.1, 0.15) is 19.8 Å². The molecule has 20 heavy (non-hydrogen) atoms. The van der Waals surface area contributed by atoms with Crippen molar-refractivity contribution in [2.75, 3.05) is 13.7 Å². The molecule has 0 radical (unpaired) electrons. The van der Waals surface area contributed by atoms with E-state index >= 15 is 0 Å². The molecule has 0 spiro atoms. The Morgan fingerprint density at radius 2 is 2.15 bits per heavy atom. The second-order valence-electron chi connectivity index (χ2n) is 4.77. The van der Waals surface area contributed by atoms with E-state index in [0.717, 1.165) is 0 Å². The molecule has 0 aromatic rings. The average molecular weight is 296 g/mol. The van der Waals surface area contributed by atoms with Gasteiger partial charge in [0.25, 0.3) is 0 Å². The van der Waals surface area contributed by atoms with Crippen molar-refractivity contribution in [2.45, 2.75) is 44.3 Å². The molecule has 0 aromatic carbocycles. The van der Waals surface area contributed by atoms with Crippen molar-refractivity contribution in [3.8, 4) is 0 Å². The molecule has 0 saturated carbocycles. The number of esters is 1. The predicted molar refractivity (Wildman–Crippen MR) is 65.1 cm³/mol. The van der Waals surface area contributed by atoms with Gasteiger partial charge in [0, 0.05) is 26.1 Å². The predicted octanol–water partition coefficient (Wildman–Crippen LogP) is 2.48. The maximum atomic E-state index is 12.3. The highest BCUT2D eigenvalue weighted by atomic mass is 19.4. The SMILES string of the molecule is C=C[C@H]1O[C@@H](C)C[C@@H](OC(=O)C(F)(F)F)[C@@H]1CCOC. The van der Waals surface area contributed by atoms with Crippen LogP contribution in [0.25, 0.3) is 0 Å². The Morgan fingerprint density at radius 1 is 1.50 bits per heavy atom. The molecule has 1 rings (SSSR count). The first-order valence-electron chi connectivity index (χ1n) is 6.34. The summed E-state index contributed by atoms with van der Waals surface area (Å²) < 4.78 is 52.1. The van der Waals surface area contributed by atoms with E-state index in [9.17, 15) is 18.0 Å². The lowest BCUT2D eigenvalue weighted by Crippen LogP contribution is -2.46. The van der Waals surface area contributed by atoms with E-state index < -0.39 is 30.3 Å². The van der Waals surface area contributed by atoms with Gasteiger partial charge in [-0.15, -0.1) is 6.58 Å². The molecule has 0 aliphatic carbocycles. The monoisotopic (exact) mass is 296 g/mol. The first kappa shape index (κ1) is 17.0. The third-order valence-corrected chi connectivity index (χ3v) is 3.23. The highest BCUT2D eigenvalue weighted by molar-refractivity contribution is 5.75. The standard InChI is InChI=1S/C13H19F3O4/c1-4-10-9(5-6-18-3)11(7-8(2)19-10)20-12(17)13(14,15)16/h4,8-11H,1,5-7H2,2-3H3/t8-,9+,10+,11+/m0/s1. The molecule has 0 N–H and O–H groups in total.